The van der Waals surface area contributed by atoms with Crippen LogP contribution in [0, 0.1) is 5.92 Å². The summed E-state index contributed by atoms with van der Waals surface area (Å²) in [4.78, 5) is 4.54. The van der Waals surface area contributed by atoms with Gasteiger partial charge in [0.2, 0.25) is 5.89 Å². The standard InChI is InChI=1S/C13H21N3O2/c1-9-7-14-8-11(9)13-15-12(16-18-13)6-10-4-2-3-5-17-10/h9-11,14H,2-8H2,1H3/t9-,10?,11-/m1/s1. The molecule has 1 unspecified atom stereocenters. The van der Waals surface area contributed by atoms with Crippen LogP contribution in [0.1, 0.15) is 43.8 Å². The fourth-order valence-corrected chi connectivity index (χ4v) is 2.81. The van der Waals surface area contributed by atoms with E-state index in [1.54, 1.807) is 0 Å². The Kier molecular flexibility index (Phi) is 3.61. The third-order valence-electron chi connectivity index (χ3n) is 4.00. The molecule has 0 saturated carbocycles. The van der Waals surface area contributed by atoms with Gasteiger partial charge in [-0.25, -0.2) is 0 Å². The SMILES string of the molecule is C[C@@H]1CNC[C@H]1c1nc(CC2CCCCO2)no1. The van der Waals surface area contributed by atoms with Crippen molar-refractivity contribution in [2.24, 2.45) is 5.92 Å². The van der Waals surface area contributed by atoms with E-state index >= 15 is 0 Å². The quantitative estimate of drug-likeness (QED) is 0.882. The molecule has 3 atom stereocenters. The molecule has 0 radical (unpaired) electrons. The first-order valence-electron chi connectivity index (χ1n) is 6.97. The third-order valence-corrected chi connectivity index (χ3v) is 4.00. The minimum absolute atomic E-state index is 0.281. The molecule has 1 N–H and O–H groups in total. The van der Waals surface area contributed by atoms with Gasteiger partial charge in [-0.05, 0) is 31.7 Å². The van der Waals surface area contributed by atoms with Crippen LogP contribution < -0.4 is 5.32 Å². The van der Waals surface area contributed by atoms with Gasteiger partial charge in [0.05, 0.1) is 12.0 Å². The van der Waals surface area contributed by atoms with Crippen molar-refractivity contribution in [2.75, 3.05) is 19.7 Å². The maximum atomic E-state index is 5.70. The summed E-state index contributed by atoms with van der Waals surface area (Å²) >= 11 is 0. The second kappa shape index (κ2) is 5.36. The van der Waals surface area contributed by atoms with Crippen LogP contribution in [0.2, 0.25) is 0 Å². The molecule has 0 spiro atoms. The Hall–Kier alpha value is -0.940. The molecule has 100 valence electrons. The van der Waals surface area contributed by atoms with Gasteiger partial charge in [0.1, 0.15) is 0 Å². The molecule has 2 aliphatic rings. The number of rotatable bonds is 3. The highest BCUT2D eigenvalue weighted by Crippen LogP contribution is 2.26. The van der Waals surface area contributed by atoms with Crippen LogP contribution in [0.25, 0.3) is 0 Å². The van der Waals surface area contributed by atoms with Crippen molar-refractivity contribution in [3.63, 3.8) is 0 Å². The Morgan fingerprint density at radius 2 is 2.28 bits per heavy atom. The van der Waals surface area contributed by atoms with Crippen LogP contribution in [0.15, 0.2) is 4.52 Å². The van der Waals surface area contributed by atoms with Gasteiger partial charge < -0.3 is 14.6 Å². The second-order valence-corrected chi connectivity index (χ2v) is 5.48. The molecule has 2 saturated heterocycles. The van der Waals surface area contributed by atoms with E-state index in [9.17, 15) is 0 Å². The lowest BCUT2D eigenvalue weighted by Crippen LogP contribution is -2.21. The Labute approximate surface area is 107 Å². The Morgan fingerprint density at radius 1 is 1.33 bits per heavy atom. The van der Waals surface area contributed by atoms with Crippen molar-refractivity contribution in [2.45, 2.75) is 44.6 Å². The number of hydrogen-bond acceptors (Lipinski definition) is 5. The zero-order chi connectivity index (χ0) is 12.4. The highest BCUT2D eigenvalue weighted by Gasteiger charge is 2.30. The fraction of sp³-hybridized carbons (Fsp3) is 0.846. The molecule has 18 heavy (non-hydrogen) atoms. The predicted molar refractivity (Wildman–Crippen MR) is 66.4 cm³/mol. The van der Waals surface area contributed by atoms with Gasteiger partial charge in [-0.2, -0.15) is 4.98 Å². The summed E-state index contributed by atoms with van der Waals surface area (Å²) in [6.45, 7) is 5.08. The van der Waals surface area contributed by atoms with Crippen molar-refractivity contribution in [1.29, 1.82) is 0 Å². The van der Waals surface area contributed by atoms with E-state index in [4.69, 9.17) is 9.26 Å². The minimum atomic E-state index is 0.281. The van der Waals surface area contributed by atoms with Gasteiger partial charge in [-0.1, -0.05) is 12.1 Å². The lowest BCUT2D eigenvalue weighted by atomic mass is 9.98. The second-order valence-electron chi connectivity index (χ2n) is 5.48. The topological polar surface area (TPSA) is 60.2 Å². The average molecular weight is 251 g/mol. The molecule has 1 aromatic heterocycles. The summed E-state index contributed by atoms with van der Waals surface area (Å²) in [6.07, 6.45) is 4.62. The lowest BCUT2D eigenvalue weighted by Gasteiger charge is -2.20. The molecular formula is C13H21N3O2. The number of nitrogens with zero attached hydrogens (tertiary/aromatic N) is 2. The summed E-state index contributed by atoms with van der Waals surface area (Å²) < 4.78 is 11.1. The summed E-state index contributed by atoms with van der Waals surface area (Å²) in [6, 6.07) is 0. The number of hydrogen-bond donors (Lipinski definition) is 1. The summed E-state index contributed by atoms with van der Waals surface area (Å²) in [5, 5.41) is 7.45. The predicted octanol–water partition coefficient (Wildman–Crippen LogP) is 1.50. The summed E-state index contributed by atoms with van der Waals surface area (Å²) in [5.41, 5.74) is 0. The van der Waals surface area contributed by atoms with Crippen molar-refractivity contribution in [3.8, 4) is 0 Å². The summed E-state index contributed by atoms with van der Waals surface area (Å²) in [7, 11) is 0. The van der Waals surface area contributed by atoms with Crippen LogP contribution in [-0.2, 0) is 11.2 Å². The van der Waals surface area contributed by atoms with Crippen LogP contribution in [0.3, 0.4) is 0 Å². The molecule has 0 bridgehead atoms. The largest absolute Gasteiger partial charge is 0.378 e. The van der Waals surface area contributed by atoms with Crippen molar-refractivity contribution in [1.82, 2.24) is 15.5 Å². The summed E-state index contributed by atoms with van der Waals surface area (Å²) in [5.74, 6) is 2.54. The van der Waals surface area contributed by atoms with E-state index in [0.29, 0.717) is 11.8 Å². The average Bonchev–Trinajstić information content (AvgIpc) is 2.99. The van der Waals surface area contributed by atoms with Gasteiger partial charge in [0, 0.05) is 19.6 Å². The molecule has 0 aromatic carbocycles. The third kappa shape index (κ3) is 2.57. The Balaban J connectivity index is 1.62. The molecular weight excluding hydrogens is 230 g/mol. The van der Waals surface area contributed by atoms with Crippen LogP contribution in [-0.4, -0.2) is 35.9 Å². The molecule has 0 aliphatic carbocycles. The first-order chi connectivity index (χ1) is 8.83. The normalized spacial score (nSPS) is 32.8. The molecule has 1 aromatic rings. The zero-order valence-corrected chi connectivity index (χ0v) is 10.9. The minimum Gasteiger partial charge on any atom is -0.378 e. The molecule has 2 aliphatic heterocycles. The van der Waals surface area contributed by atoms with Gasteiger partial charge in [0.25, 0.3) is 0 Å². The first-order valence-corrected chi connectivity index (χ1v) is 6.97. The van der Waals surface area contributed by atoms with Crippen molar-refractivity contribution < 1.29 is 9.26 Å². The van der Waals surface area contributed by atoms with Crippen molar-refractivity contribution >= 4 is 0 Å². The fourth-order valence-electron chi connectivity index (χ4n) is 2.81. The van der Waals surface area contributed by atoms with Gasteiger partial charge >= 0.3 is 0 Å². The maximum Gasteiger partial charge on any atom is 0.231 e. The van der Waals surface area contributed by atoms with E-state index in [1.165, 1.54) is 12.8 Å². The van der Waals surface area contributed by atoms with E-state index < -0.39 is 0 Å². The van der Waals surface area contributed by atoms with Crippen LogP contribution >= 0.6 is 0 Å². The number of aromatic nitrogens is 2. The van der Waals surface area contributed by atoms with E-state index in [0.717, 1.165) is 44.3 Å². The first kappa shape index (κ1) is 12.1. The van der Waals surface area contributed by atoms with E-state index in [-0.39, 0.29) is 6.10 Å². The van der Waals surface area contributed by atoms with Crippen molar-refractivity contribution in [3.05, 3.63) is 11.7 Å². The van der Waals surface area contributed by atoms with E-state index in [1.807, 2.05) is 0 Å². The number of ether oxygens (including phenoxy) is 1. The molecule has 2 fully saturated rings. The zero-order valence-electron chi connectivity index (χ0n) is 10.9. The Bertz CT molecular complexity index is 387. The lowest BCUT2D eigenvalue weighted by molar-refractivity contribution is 0.0153. The molecule has 0 amide bonds. The van der Waals surface area contributed by atoms with Gasteiger partial charge in [0.15, 0.2) is 5.82 Å². The van der Waals surface area contributed by atoms with E-state index in [2.05, 4.69) is 22.4 Å². The number of nitrogens with one attached hydrogen (secondary N) is 1. The molecule has 3 rings (SSSR count). The molecule has 5 nitrogen and oxygen atoms in total. The smallest absolute Gasteiger partial charge is 0.231 e. The van der Waals surface area contributed by atoms with Gasteiger partial charge in [-0.3, -0.25) is 0 Å². The van der Waals surface area contributed by atoms with Gasteiger partial charge in [-0.15, -0.1) is 0 Å². The van der Waals surface area contributed by atoms with Crippen LogP contribution in [0.4, 0.5) is 0 Å². The van der Waals surface area contributed by atoms with Crippen LogP contribution in [0.5, 0.6) is 0 Å². The monoisotopic (exact) mass is 251 g/mol. The highest BCUT2D eigenvalue weighted by molar-refractivity contribution is 5.01. The Morgan fingerprint density at radius 3 is 3.00 bits per heavy atom. The maximum absolute atomic E-state index is 5.70. The molecule has 3 heterocycles. The molecule has 5 heteroatoms. The highest BCUT2D eigenvalue weighted by atomic mass is 16.5.